The summed E-state index contributed by atoms with van der Waals surface area (Å²) in [5, 5.41) is 0.189. The molecule has 0 spiro atoms. The Kier molecular flexibility index (Phi) is 5.58. The first-order valence-corrected chi connectivity index (χ1v) is 11.7. The molecular weight excluding hydrogens is 286 g/mol. The van der Waals surface area contributed by atoms with Crippen LogP contribution in [0.4, 0.5) is 0 Å². The largest absolute Gasteiger partial charge is 0.417 e. The van der Waals surface area contributed by atoms with Crippen molar-refractivity contribution in [1.29, 1.82) is 4.78 Å². The molecule has 0 heterocycles. The molecule has 0 bridgehead atoms. The maximum absolute atomic E-state index is 12.3. The molecule has 0 aliphatic rings. The maximum atomic E-state index is 12.3. The molecular formula is C15H27NO2SSi. The minimum absolute atomic E-state index is 0.189. The SMILES string of the molecule is CC(C)(C)[Si](C)(C)OCCCS(=N)(=O)c1ccccc1. The maximum Gasteiger partial charge on any atom is 0.191 e. The van der Waals surface area contributed by atoms with E-state index in [0.29, 0.717) is 23.7 Å². The smallest absolute Gasteiger partial charge is 0.191 e. The Hall–Kier alpha value is -0.653. The topological polar surface area (TPSA) is 50.1 Å². The summed E-state index contributed by atoms with van der Waals surface area (Å²) in [6.07, 6.45) is 0.670. The summed E-state index contributed by atoms with van der Waals surface area (Å²) in [4.78, 5) is 0.618. The van der Waals surface area contributed by atoms with Crippen molar-refractivity contribution in [3.63, 3.8) is 0 Å². The van der Waals surface area contributed by atoms with E-state index in [1.807, 2.05) is 18.2 Å². The van der Waals surface area contributed by atoms with Gasteiger partial charge < -0.3 is 4.43 Å². The van der Waals surface area contributed by atoms with Gasteiger partial charge in [-0.05, 0) is 36.7 Å². The Bertz CT molecular complexity index is 519. The lowest BCUT2D eigenvalue weighted by Crippen LogP contribution is -2.41. The fraction of sp³-hybridized carbons (Fsp3) is 0.600. The van der Waals surface area contributed by atoms with Crippen LogP contribution in [0.5, 0.6) is 0 Å². The number of benzene rings is 1. The highest BCUT2D eigenvalue weighted by atomic mass is 32.2. The van der Waals surface area contributed by atoms with E-state index in [4.69, 9.17) is 9.21 Å². The van der Waals surface area contributed by atoms with Gasteiger partial charge in [0, 0.05) is 17.3 Å². The molecule has 114 valence electrons. The zero-order valence-corrected chi connectivity index (χ0v) is 15.0. The lowest BCUT2D eigenvalue weighted by atomic mass is 10.2. The average molecular weight is 314 g/mol. The quantitative estimate of drug-likeness (QED) is 0.621. The molecule has 1 N–H and O–H groups in total. The van der Waals surface area contributed by atoms with Gasteiger partial charge in [-0.15, -0.1) is 0 Å². The van der Waals surface area contributed by atoms with Crippen molar-refractivity contribution < 1.29 is 8.63 Å². The van der Waals surface area contributed by atoms with Crippen LogP contribution in [-0.2, 0) is 14.2 Å². The van der Waals surface area contributed by atoms with Crippen LogP contribution < -0.4 is 0 Å². The molecule has 0 saturated heterocycles. The molecule has 5 heteroatoms. The fourth-order valence-corrected chi connectivity index (χ4v) is 4.01. The van der Waals surface area contributed by atoms with Gasteiger partial charge in [0.15, 0.2) is 8.32 Å². The standard InChI is InChI=1S/C15H27NO2SSi/c1-15(2,3)20(4,5)18-12-9-13-19(16,17)14-10-7-6-8-11-14/h6-8,10-11,16H,9,12-13H2,1-5H3. The normalized spacial score (nSPS) is 15.8. The van der Waals surface area contributed by atoms with Crippen molar-refractivity contribution in [3.8, 4) is 0 Å². The van der Waals surface area contributed by atoms with E-state index in [-0.39, 0.29) is 5.04 Å². The van der Waals surface area contributed by atoms with Crippen LogP contribution in [0.25, 0.3) is 0 Å². The minimum Gasteiger partial charge on any atom is -0.417 e. The van der Waals surface area contributed by atoms with Crippen LogP contribution in [0.15, 0.2) is 35.2 Å². The third-order valence-corrected chi connectivity index (χ3v) is 10.4. The summed E-state index contributed by atoms with van der Waals surface area (Å²) < 4.78 is 26.4. The summed E-state index contributed by atoms with van der Waals surface area (Å²) >= 11 is 0. The molecule has 0 aliphatic heterocycles. The Labute approximate surface area is 124 Å². The molecule has 0 aliphatic carbocycles. The van der Waals surface area contributed by atoms with Crippen LogP contribution in [0.1, 0.15) is 27.2 Å². The Morgan fingerprint density at radius 1 is 1.20 bits per heavy atom. The molecule has 3 nitrogen and oxygen atoms in total. The van der Waals surface area contributed by atoms with Gasteiger partial charge in [0.25, 0.3) is 0 Å². The molecule has 1 rings (SSSR count). The molecule has 20 heavy (non-hydrogen) atoms. The van der Waals surface area contributed by atoms with Gasteiger partial charge in [0.1, 0.15) is 0 Å². The van der Waals surface area contributed by atoms with Crippen LogP contribution in [-0.4, -0.2) is 24.9 Å². The highest BCUT2D eigenvalue weighted by Crippen LogP contribution is 2.36. The Morgan fingerprint density at radius 3 is 2.25 bits per heavy atom. The Morgan fingerprint density at radius 2 is 1.75 bits per heavy atom. The van der Waals surface area contributed by atoms with E-state index in [0.717, 1.165) is 0 Å². The molecule has 0 amide bonds. The van der Waals surface area contributed by atoms with Crippen molar-refractivity contribution >= 4 is 18.0 Å². The number of rotatable bonds is 6. The third-order valence-electron chi connectivity index (χ3n) is 3.97. The summed E-state index contributed by atoms with van der Waals surface area (Å²) in [6, 6.07) is 9.07. The van der Waals surface area contributed by atoms with Gasteiger partial charge in [-0.1, -0.05) is 39.0 Å². The molecule has 0 aromatic heterocycles. The van der Waals surface area contributed by atoms with Gasteiger partial charge in [-0.3, -0.25) is 0 Å². The molecule has 1 aromatic carbocycles. The molecule has 1 atom stereocenters. The monoisotopic (exact) mass is 313 g/mol. The van der Waals surface area contributed by atoms with Crippen LogP contribution in [0.2, 0.25) is 18.1 Å². The van der Waals surface area contributed by atoms with E-state index in [1.165, 1.54) is 0 Å². The molecule has 0 radical (unpaired) electrons. The van der Waals surface area contributed by atoms with Gasteiger partial charge in [-0.25, -0.2) is 8.99 Å². The summed E-state index contributed by atoms with van der Waals surface area (Å²) in [5.41, 5.74) is 0. The summed E-state index contributed by atoms with van der Waals surface area (Å²) in [7, 11) is -4.41. The van der Waals surface area contributed by atoms with E-state index in [9.17, 15) is 4.21 Å². The van der Waals surface area contributed by atoms with Crippen molar-refractivity contribution in [1.82, 2.24) is 0 Å². The van der Waals surface area contributed by atoms with E-state index < -0.39 is 18.0 Å². The summed E-state index contributed by atoms with van der Waals surface area (Å²) in [6.45, 7) is 11.6. The zero-order chi connectivity index (χ0) is 15.4. The molecule has 1 unspecified atom stereocenters. The van der Waals surface area contributed by atoms with E-state index >= 15 is 0 Å². The predicted molar refractivity (Wildman–Crippen MR) is 88.2 cm³/mol. The van der Waals surface area contributed by atoms with Crippen LogP contribution in [0, 0.1) is 4.78 Å². The van der Waals surface area contributed by atoms with Crippen LogP contribution in [0.3, 0.4) is 0 Å². The second-order valence-corrected chi connectivity index (χ2v) is 13.7. The zero-order valence-electron chi connectivity index (χ0n) is 13.2. The highest BCUT2D eigenvalue weighted by molar-refractivity contribution is 7.92. The van der Waals surface area contributed by atoms with E-state index in [2.05, 4.69) is 33.9 Å². The average Bonchev–Trinajstić information content (AvgIpc) is 2.34. The first-order valence-electron chi connectivity index (χ1n) is 7.02. The second kappa shape index (κ2) is 6.41. The van der Waals surface area contributed by atoms with Gasteiger partial charge in [-0.2, -0.15) is 0 Å². The lowest BCUT2D eigenvalue weighted by molar-refractivity contribution is 0.288. The fourth-order valence-electron chi connectivity index (χ4n) is 1.56. The third kappa shape index (κ3) is 4.72. The first-order chi connectivity index (χ1) is 9.06. The van der Waals surface area contributed by atoms with E-state index in [1.54, 1.807) is 12.1 Å². The van der Waals surface area contributed by atoms with Gasteiger partial charge in [0.2, 0.25) is 0 Å². The highest BCUT2D eigenvalue weighted by Gasteiger charge is 2.36. The van der Waals surface area contributed by atoms with Crippen molar-refractivity contribution in [2.45, 2.75) is 50.2 Å². The number of hydrogen-bond acceptors (Lipinski definition) is 3. The molecule has 0 fully saturated rings. The van der Waals surface area contributed by atoms with Gasteiger partial charge >= 0.3 is 0 Å². The summed E-state index contributed by atoms with van der Waals surface area (Å²) in [5.74, 6) is 0.367. The van der Waals surface area contributed by atoms with Gasteiger partial charge in [0.05, 0.1) is 9.73 Å². The molecule has 1 aromatic rings. The number of nitrogens with one attached hydrogen (secondary N) is 1. The lowest BCUT2D eigenvalue weighted by Gasteiger charge is -2.36. The van der Waals surface area contributed by atoms with Crippen molar-refractivity contribution in [2.75, 3.05) is 12.4 Å². The van der Waals surface area contributed by atoms with Crippen molar-refractivity contribution in [2.24, 2.45) is 0 Å². The van der Waals surface area contributed by atoms with Crippen LogP contribution >= 0.6 is 0 Å². The first kappa shape index (κ1) is 17.4. The second-order valence-electron chi connectivity index (χ2n) is 6.65. The predicted octanol–water partition coefficient (Wildman–Crippen LogP) is 4.50. The Balaban J connectivity index is 2.50. The number of hydrogen-bond donors (Lipinski definition) is 1. The molecule has 0 saturated carbocycles. The van der Waals surface area contributed by atoms with Crippen molar-refractivity contribution in [3.05, 3.63) is 30.3 Å². The minimum atomic E-state index is -2.68.